The van der Waals surface area contributed by atoms with Crippen LogP contribution in [0.1, 0.15) is 29.2 Å². The first kappa shape index (κ1) is 16.7. The average Bonchev–Trinajstić information content (AvgIpc) is 3.14. The maximum absolute atomic E-state index is 9.62. The van der Waals surface area contributed by atoms with Gasteiger partial charge in [0, 0.05) is 24.6 Å². The molecule has 2 aromatic carbocycles. The van der Waals surface area contributed by atoms with Crippen LogP contribution in [-0.4, -0.2) is 43.3 Å². The first-order valence-electron chi connectivity index (χ1n) is 8.69. The van der Waals surface area contributed by atoms with Crippen LogP contribution in [0.25, 0.3) is 0 Å². The van der Waals surface area contributed by atoms with E-state index < -0.39 is 0 Å². The summed E-state index contributed by atoms with van der Waals surface area (Å²) in [6, 6.07) is 11.8. The van der Waals surface area contributed by atoms with Gasteiger partial charge in [0.2, 0.25) is 12.5 Å². The molecule has 0 amide bonds. The Morgan fingerprint density at radius 2 is 2.12 bits per heavy atom. The van der Waals surface area contributed by atoms with Crippen molar-refractivity contribution in [2.24, 2.45) is 5.16 Å². The van der Waals surface area contributed by atoms with Crippen LogP contribution in [-0.2, 0) is 6.42 Å². The second-order valence-corrected chi connectivity index (χ2v) is 6.58. The largest absolute Gasteiger partial charge is 0.492 e. The summed E-state index contributed by atoms with van der Waals surface area (Å²) in [5.74, 6) is 2.12. The molecule has 0 spiro atoms. The van der Waals surface area contributed by atoms with E-state index in [2.05, 4.69) is 23.2 Å². The van der Waals surface area contributed by atoms with Gasteiger partial charge < -0.3 is 19.4 Å². The summed E-state index contributed by atoms with van der Waals surface area (Å²) in [5.41, 5.74) is 3.84. The minimum Gasteiger partial charge on any atom is -0.492 e. The molecule has 1 atom stereocenters. The Hall–Kier alpha value is -2.73. The second kappa shape index (κ2) is 6.88. The lowest BCUT2D eigenvalue weighted by molar-refractivity contribution is 0.170. The van der Waals surface area contributed by atoms with Gasteiger partial charge in [-0.2, -0.15) is 0 Å². The van der Waals surface area contributed by atoms with Crippen LogP contribution in [0, 0.1) is 0 Å². The molecule has 0 radical (unpaired) electrons. The number of oxime groups is 1. The van der Waals surface area contributed by atoms with E-state index in [1.165, 1.54) is 5.56 Å². The van der Waals surface area contributed by atoms with Gasteiger partial charge in [-0.25, -0.2) is 0 Å². The molecule has 2 aliphatic heterocycles. The number of likely N-dealkylation sites (N-methyl/N-ethyl adjacent to an activating group) is 1. The predicted molar refractivity (Wildman–Crippen MR) is 97.6 cm³/mol. The molecule has 2 aromatic rings. The first-order valence-corrected chi connectivity index (χ1v) is 8.69. The van der Waals surface area contributed by atoms with Crippen LogP contribution in [0.3, 0.4) is 0 Å². The molecule has 1 N–H and O–H groups in total. The fraction of sp³-hybridized carbons (Fsp3) is 0.350. The third-order valence-corrected chi connectivity index (χ3v) is 5.16. The normalized spacial score (nSPS) is 19.3. The molecule has 4 rings (SSSR count). The van der Waals surface area contributed by atoms with E-state index in [1.807, 2.05) is 30.3 Å². The zero-order valence-electron chi connectivity index (χ0n) is 14.9. The molecule has 0 bridgehead atoms. The number of benzene rings is 2. The quantitative estimate of drug-likeness (QED) is 0.519. The van der Waals surface area contributed by atoms with Crippen molar-refractivity contribution in [1.29, 1.82) is 0 Å². The van der Waals surface area contributed by atoms with Crippen LogP contribution >= 0.6 is 0 Å². The third-order valence-electron chi connectivity index (χ3n) is 5.16. The predicted octanol–water partition coefficient (Wildman–Crippen LogP) is 3.22. The van der Waals surface area contributed by atoms with Crippen molar-refractivity contribution in [3.05, 3.63) is 53.1 Å². The number of hydrogen-bond acceptors (Lipinski definition) is 6. The molecule has 6 nitrogen and oxygen atoms in total. The van der Waals surface area contributed by atoms with Gasteiger partial charge in [-0.3, -0.25) is 4.90 Å². The summed E-state index contributed by atoms with van der Waals surface area (Å²) in [6.45, 7) is 1.12. The summed E-state index contributed by atoms with van der Waals surface area (Å²) < 4.78 is 16.9. The van der Waals surface area contributed by atoms with Gasteiger partial charge in [0.05, 0.1) is 12.8 Å². The fourth-order valence-electron chi connectivity index (χ4n) is 3.81. The summed E-state index contributed by atoms with van der Waals surface area (Å²) in [5, 5.41) is 13.2. The van der Waals surface area contributed by atoms with Crippen LogP contribution < -0.4 is 14.2 Å². The van der Waals surface area contributed by atoms with Gasteiger partial charge in [0.1, 0.15) is 0 Å². The highest BCUT2D eigenvalue weighted by Crippen LogP contribution is 2.50. The van der Waals surface area contributed by atoms with E-state index in [0.29, 0.717) is 17.9 Å². The Kier molecular flexibility index (Phi) is 4.42. The summed E-state index contributed by atoms with van der Waals surface area (Å²) in [7, 11) is 3.74. The van der Waals surface area contributed by atoms with Crippen molar-refractivity contribution >= 4 is 5.71 Å². The maximum atomic E-state index is 9.62. The summed E-state index contributed by atoms with van der Waals surface area (Å²) in [4.78, 5) is 2.27. The Morgan fingerprint density at radius 3 is 2.85 bits per heavy atom. The Bertz CT molecular complexity index is 835. The minimum atomic E-state index is 0.0225. The third kappa shape index (κ3) is 2.76. The van der Waals surface area contributed by atoms with Crippen LogP contribution in [0.5, 0.6) is 17.2 Å². The summed E-state index contributed by atoms with van der Waals surface area (Å²) >= 11 is 0. The molecular formula is C20H22N2O4. The molecule has 2 aliphatic rings. The first-order chi connectivity index (χ1) is 12.7. The van der Waals surface area contributed by atoms with Gasteiger partial charge in [-0.05, 0) is 30.7 Å². The van der Waals surface area contributed by atoms with E-state index in [1.54, 1.807) is 7.11 Å². The number of methoxy groups -OCH3 is 1. The van der Waals surface area contributed by atoms with Crippen molar-refractivity contribution in [2.45, 2.75) is 18.9 Å². The van der Waals surface area contributed by atoms with E-state index in [-0.39, 0.29) is 12.8 Å². The topological polar surface area (TPSA) is 63.5 Å². The lowest BCUT2D eigenvalue weighted by atomic mass is 9.87. The zero-order chi connectivity index (χ0) is 18.1. The Labute approximate surface area is 152 Å². The SMILES string of the molecule is COc1c2c(cc3c1[C@H](C/C(=N\O)c1ccccc1)N(C)CC3)OCO2. The van der Waals surface area contributed by atoms with E-state index in [4.69, 9.17) is 14.2 Å². The number of rotatable bonds is 4. The minimum absolute atomic E-state index is 0.0225. The highest BCUT2D eigenvalue weighted by Gasteiger charge is 2.34. The number of fused-ring (bicyclic) bond motifs is 2. The molecule has 136 valence electrons. The Balaban J connectivity index is 1.76. The van der Waals surface area contributed by atoms with Gasteiger partial charge in [0.25, 0.3) is 0 Å². The lowest BCUT2D eigenvalue weighted by Gasteiger charge is -2.36. The smallest absolute Gasteiger partial charge is 0.231 e. The van der Waals surface area contributed by atoms with Crippen molar-refractivity contribution in [2.75, 3.05) is 27.5 Å². The van der Waals surface area contributed by atoms with Crippen molar-refractivity contribution in [3.8, 4) is 17.2 Å². The molecule has 0 aliphatic carbocycles. The molecule has 26 heavy (non-hydrogen) atoms. The average molecular weight is 354 g/mol. The molecule has 2 heterocycles. The second-order valence-electron chi connectivity index (χ2n) is 6.58. The standard InChI is InChI=1S/C20H22N2O4/c1-22-9-8-14-10-17-19(26-12-25-17)20(24-2)18(14)16(22)11-15(21-23)13-6-4-3-5-7-13/h3-7,10,16,23H,8-9,11-12H2,1-2H3/b21-15+/t16-/m0/s1. The lowest BCUT2D eigenvalue weighted by Crippen LogP contribution is -2.34. The van der Waals surface area contributed by atoms with Crippen molar-refractivity contribution in [3.63, 3.8) is 0 Å². The van der Waals surface area contributed by atoms with Crippen LogP contribution in [0.2, 0.25) is 0 Å². The molecule has 0 unspecified atom stereocenters. The fourth-order valence-corrected chi connectivity index (χ4v) is 3.81. The Morgan fingerprint density at radius 1 is 1.31 bits per heavy atom. The molecule has 6 heteroatoms. The molecule has 0 saturated carbocycles. The van der Waals surface area contributed by atoms with Gasteiger partial charge in [-0.15, -0.1) is 0 Å². The highest BCUT2D eigenvalue weighted by molar-refractivity contribution is 6.00. The van der Waals surface area contributed by atoms with Crippen molar-refractivity contribution < 1.29 is 19.4 Å². The van der Waals surface area contributed by atoms with Crippen LogP contribution in [0.15, 0.2) is 41.6 Å². The zero-order valence-corrected chi connectivity index (χ0v) is 14.9. The molecule has 0 saturated heterocycles. The number of hydrogen-bond donors (Lipinski definition) is 1. The van der Waals surface area contributed by atoms with Gasteiger partial charge >= 0.3 is 0 Å². The van der Waals surface area contributed by atoms with Crippen molar-refractivity contribution in [1.82, 2.24) is 4.90 Å². The summed E-state index contributed by atoms with van der Waals surface area (Å²) in [6.07, 6.45) is 1.48. The highest BCUT2D eigenvalue weighted by atomic mass is 16.7. The van der Waals surface area contributed by atoms with Gasteiger partial charge in [-0.1, -0.05) is 35.5 Å². The van der Waals surface area contributed by atoms with Gasteiger partial charge in [0.15, 0.2) is 11.5 Å². The van der Waals surface area contributed by atoms with E-state index in [0.717, 1.165) is 35.6 Å². The monoisotopic (exact) mass is 354 g/mol. The molecule has 0 fully saturated rings. The van der Waals surface area contributed by atoms with E-state index in [9.17, 15) is 5.21 Å². The van der Waals surface area contributed by atoms with Crippen LogP contribution in [0.4, 0.5) is 0 Å². The molecular weight excluding hydrogens is 332 g/mol. The number of nitrogens with zero attached hydrogens (tertiary/aromatic N) is 2. The van der Waals surface area contributed by atoms with E-state index >= 15 is 0 Å². The molecule has 0 aromatic heterocycles. The number of ether oxygens (including phenoxy) is 3. The maximum Gasteiger partial charge on any atom is 0.231 e.